The van der Waals surface area contributed by atoms with Gasteiger partial charge in [0.2, 0.25) is 5.91 Å². The van der Waals surface area contributed by atoms with Gasteiger partial charge in [0.15, 0.2) is 0 Å². The van der Waals surface area contributed by atoms with E-state index in [1.165, 1.54) is 11.8 Å². The molecule has 0 aliphatic rings. The molecule has 0 aliphatic carbocycles. The number of primary amides is 1. The lowest BCUT2D eigenvalue weighted by atomic mass is 10.1. The number of rotatable bonds is 4. The number of hydrogen-bond donors (Lipinski definition) is 1. The van der Waals surface area contributed by atoms with Gasteiger partial charge in [-0.3, -0.25) is 4.79 Å². The Hall–Kier alpha value is -2.84. The zero-order valence-corrected chi connectivity index (χ0v) is 13.0. The van der Waals surface area contributed by atoms with Crippen LogP contribution in [0.1, 0.15) is 16.4 Å². The number of amides is 1. The fourth-order valence-electron chi connectivity index (χ4n) is 2.30. The van der Waals surface area contributed by atoms with Gasteiger partial charge in [-0.15, -0.1) is 0 Å². The molecule has 0 fully saturated rings. The molecule has 1 atom stereocenters. The Bertz CT molecular complexity index is 903. The van der Waals surface area contributed by atoms with Crippen molar-refractivity contribution >= 4 is 28.6 Å². The zero-order chi connectivity index (χ0) is 16.2. The maximum atomic E-state index is 11.9. The van der Waals surface area contributed by atoms with Crippen LogP contribution in [0.4, 0.5) is 0 Å². The highest BCUT2D eigenvalue weighted by Gasteiger charge is 2.22. The smallest absolute Gasteiger partial charge is 0.235 e. The maximum Gasteiger partial charge on any atom is 0.235 e. The number of para-hydroxylation sites is 1. The van der Waals surface area contributed by atoms with Crippen LogP contribution in [-0.4, -0.2) is 10.9 Å². The summed E-state index contributed by atoms with van der Waals surface area (Å²) in [6.45, 7) is 0. The molecule has 1 amide bonds. The lowest BCUT2D eigenvalue weighted by Crippen LogP contribution is -2.19. The second-order valence-corrected chi connectivity index (χ2v) is 6.05. The molecule has 0 spiro atoms. The van der Waals surface area contributed by atoms with Crippen LogP contribution >= 0.6 is 11.8 Å². The van der Waals surface area contributed by atoms with Gasteiger partial charge in [-0.05, 0) is 17.7 Å². The number of pyridine rings is 1. The largest absolute Gasteiger partial charge is 0.368 e. The number of carbonyl (C=O) groups excluding carboxylic acids is 1. The van der Waals surface area contributed by atoms with Crippen LogP contribution in [0.5, 0.6) is 0 Å². The summed E-state index contributed by atoms with van der Waals surface area (Å²) in [7, 11) is 0. The third-order valence-electron chi connectivity index (χ3n) is 3.40. The topological polar surface area (TPSA) is 79.8 Å². The fraction of sp³-hybridized carbons (Fsp3) is 0.0556. The van der Waals surface area contributed by atoms with Crippen molar-refractivity contribution in [2.24, 2.45) is 5.73 Å². The summed E-state index contributed by atoms with van der Waals surface area (Å²) < 4.78 is 0. The molecule has 1 aromatic heterocycles. The summed E-state index contributed by atoms with van der Waals surface area (Å²) in [5.41, 5.74) is 7.57. The van der Waals surface area contributed by atoms with Gasteiger partial charge < -0.3 is 5.73 Å². The predicted molar refractivity (Wildman–Crippen MR) is 90.7 cm³/mol. The molecule has 3 rings (SSSR count). The Labute approximate surface area is 138 Å². The van der Waals surface area contributed by atoms with Crippen molar-refractivity contribution in [1.82, 2.24) is 4.98 Å². The number of thioether (sulfide) groups is 1. The lowest BCUT2D eigenvalue weighted by Gasteiger charge is -2.14. The van der Waals surface area contributed by atoms with E-state index >= 15 is 0 Å². The van der Waals surface area contributed by atoms with Crippen LogP contribution in [0.2, 0.25) is 0 Å². The van der Waals surface area contributed by atoms with Crippen molar-refractivity contribution in [1.29, 1.82) is 5.26 Å². The van der Waals surface area contributed by atoms with Crippen LogP contribution in [0, 0.1) is 11.3 Å². The van der Waals surface area contributed by atoms with E-state index in [1.807, 2.05) is 54.6 Å². The molecule has 1 heterocycles. The van der Waals surface area contributed by atoms with Gasteiger partial charge in [0.25, 0.3) is 0 Å². The molecule has 3 aromatic rings. The number of carbonyl (C=O) groups is 1. The van der Waals surface area contributed by atoms with Gasteiger partial charge in [-0.1, -0.05) is 60.3 Å². The Balaban J connectivity index is 2.05. The summed E-state index contributed by atoms with van der Waals surface area (Å²) in [6.07, 6.45) is 0. The zero-order valence-electron chi connectivity index (χ0n) is 12.1. The number of benzene rings is 2. The summed E-state index contributed by atoms with van der Waals surface area (Å²) >= 11 is 1.21. The summed E-state index contributed by atoms with van der Waals surface area (Å²) in [6, 6.07) is 20.8. The van der Waals surface area contributed by atoms with Gasteiger partial charge in [-0.2, -0.15) is 5.26 Å². The molecule has 4 nitrogen and oxygen atoms in total. The van der Waals surface area contributed by atoms with E-state index in [4.69, 9.17) is 5.73 Å². The molecule has 0 saturated carbocycles. The minimum Gasteiger partial charge on any atom is -0.368 e. The van der Waals surface area contributed by atoms with Crippen LogP contribution in [-0.2, 0) is 4.79 Å². The number of aromatic nitrogens is 1. The Morgan fingerprint density at radius 3 is 2.52 bits per heavy atom. The number of nitrogens with zero attached hydrogens (tertiary/aromatic N) is 2. The molecule has 0 bridgehead atoms. The van der Waals surface area contributed by atoms with Crippen LogP contribution in [0.15, 0.2) is 65.7 Å². The third kappa shape index (κ3) is 3.17. The number of nitriles is 1. The van der Waals surface area contributed by atoms with Gasteiger partial charge >= 0.3 is 0 Å². The number of fused-ring (bicyclic) bond motifs is 1. The minimum atomic E-state index is -0.586. The predicted octanol–water partition coefficient (Wildman–Crippen LogP) is 3.43. The molecule has 0 radical (unpaired) electrons. The van der Waals surface area contributed by atoms with E-state index in [9.17, 15) is 10.1 Å². The first-order chi connectivity index (χ1) is 11.2. The van der Waals surface area contributed by atoms with E-state index in [0.29, 0.717) is 10.6 Å². The maximum absolute atomic E-state index is 11.9. The molecule has 2 N–H and O–H groups in total. The van der Waals surface area contributed by atoms with Crippen LogP contribution in [0.3, 0.4) is 0 Å². The molecule has 112 valence electrons. The van der Waals surface area contributed by atoms with Crippen molar-refractivity contribution < 1.29 is 4.79 Å². The molecule has 0 saturated heterocycles. The van der Waals surface area contributed by atoms with E-state index in [-0.39, 0.29) is 0 Å². The second kappa shape index (κ2) is 6.51. The molecule has 0 aliphatic heterocycles. The molecular formula is C18H13N3OS. The number of hydrogen-bond acceptors (Lipinski definition) is 4. The lowest BCUT2D eigenvalue weighted by molar-refractivity contribution is -0.117. The SMILES string of the molecule is N#Cc1cc2ccccc2nc1SC(C(N)=O)c1ccccc1. The highest BCUT2D eigenvalue weighted by Crippen LogP contribution is 2.36. The first-order valence-electron chi connectivity index (χ1n) is 7.00. The van der Waals surface area contributed by atoms with Gasteiger partial charge in [0, 0.05) is 5.39 Å². The minimum absolute atomic E-state index is 0.441. The molecular weight excluding hydrogens is 306 g/mol. The molecule has 2 aromatic carbocycles. The average molecular weight is 319 g/mol. The monoisotopic (exact) mass is 319 g/mol. The summed E-state index contributed by atoms with van der Waals surface area (Å²) in [5.74, 6) is -0.458. The first-order valence-corrected chi connectivity index (χ1v) is 7.88. The summed E-state index contributed by atoms with van der Waals surface area (Å²) in [4.78, 5) is 16.4. The molecule has 23 heavy (non-hydrogen) atoms. The standard InChI is InChI=1S/C18H13N3OS/c19-11-14-10-13-8-4-5-9-15(13)21-18(14)23-16(17(20)22)12-6-2-1-3-7-12/h1-10,16H,(H2,20,22). The Morgan fingerprint density at radius 1 is 1.13 bits per heavy atom. The van der Waals surface area contributed by atoms with Crippen molar-refractivity contribution in [3.8, 4) is 6.07 Å². The van der Waals surface area contributed by atoms with Gasteiger partial charge in [0.05, 0.1) is 11.1 Å². The van der Waals surface area contributed by atoms with Crippen molar-refractivity contribution in [2.75, 3.05) is 0 Å². The van der Waals surface area contributed by atoms with Crippen molar-refractivity contribution in [3.63, 3.8) is 0 Å². The normalized spacial score (nSPS) is 11.8. The van der Waals surface area contributed by atoms with E-state index in [0.717, 1.165) is 16.5 Å². The number of nitrogens with two attached hydrogens (primary N) is 1. The van der Waals surface area contributed by atoms with Gasteiger partial charge in [-0.25, -0.2) is 4.98 Å². The fourth-order valence-corrected chi connectivity index (χ4v) is 3.31. The van der Waals surface area contributed by atoms with Gasteiger partial charge in [0.1, 0.15) is 16.3 Å². The second-order valence-electron chi connectivity index (χ2n) is 4.96. The quantitative estimate of drug-likeness (QED) is 0.747. The van der Waals surface area contributed by atoms with Crippen molar-refractivity contribution in [3.05, 3.63) is 71.8 Å². The average Bonchev–Trinajstić information content (AvgIpc) is 2.59. The third-order valence-corrected chi connectivity index (χ3v) is 4.67. The van der Waals surface area contributed by atoms with E-state index < -0.39 is 11.2 Å². The molecule has 1 unspecified atom stereocenters. The summed E-state index contributed by atoms with van der Waals surface area (Å²) in [5, 5.41) is 10.2. The van der Waals surface area contributed by atoms with Crippen LogP contribution < -0.4 is 5.73 Å². The first kappa shape index (κ1) is 15.1. The Morgan fingerprint density at radius 2 is 1.83 bits per heavy atom. The highest BCUT2D eigenvalue weighted by molar-refractivity contribution is 8.00. The van der Waals surface area contributed by atoms with Crippen molar-refractivity contribution in [2.45, 2.75) is 10.3 Å². The van der Waals surface area contributed by atoms with E-state index in [1.54, 1.807) is 6.07 Å². The highest BCUT2D eigenvalue weighted by atomic mass is 32.2. The van der Waals surface area contributed by atoms with Crippen LogP contribution in [0.25, 0.3) is 10.9 Å². The Kier molecular flexibility index (Phi) is 4.26. The molecule has 5 heteroatoms. The van der Waals surface area contributed by atoms with E-state index in [2.05, 4.69) is 11.1 Å².